The average molecular weight is 349 g/mol. The Bertz CT molecular complexity index is 857. The lowest BCUT2D eigenvalue weighted by Gasteiger charge is -2.14. The first-order valence-corrected chi connectivity index (χ1v) is 9.05. The number of hydrogen-bond acceptors (Lipinski definition) is 3. The van der Waals surface area contributed by atoms with E-state index in [-0.39, 0.29) is 17.6 Å². The third-order valence-corrected chi connectivity index (χ3v) is 4.97. The van der Waals surface area contributed by atoms with Crippen molar-refractivity contribution in [1.29, 1.82) is 0 Å². The summed E-state index contributed by atoms with van der Waals surface area (Å²) < 4.78 is 0. The van der Waals surface area contributed by atoms with Crippen molar-refractivity contribution in [2.45, 2.75) is 12.8 Å². The van der Waals surface area contributed by atoms with E-state index in [1.54, 1.807) is 30.3 Å². The van der Waals surface area contributed by atoms with Crippen LogP contribution in [0.25, 0.3) is 0 Å². The Morgan fingerprint density at radius 1 is 0.920 bits per heavy atom. The van der Waals surface area contributed by atoms with Gasteiger partial charge in [-0.1, -0.05) is 61.5 Å². The van der Waals surface area contributed by atoms with Gasteiger partial charge in [0.15, 0.2) is 0 Å². The van der Waals surface area contributed by atoms with Crippen LogP contribution in [0.15, 0.2) is 72.1 Å². The molecule has 0 saturated carbocycles. The normalized spacial score (nSPS) is 11.7. The first-order chi connectivity index (χ1) is 12.2. The quantitative estimate of drug-likeness (QED) is 0.666. The second-order valence-electron chi connectivity index (χ2n) is 5.87. The molecule has 1 heterocycles. The van der Waals surface area contributed by atoms with Crippen LogP contribution >= 0.6 is 11.3 Å². The van der Waals surface area contributed by atoms with Gasteiger partial charge < -0.3 is 5.32 Å². The zero-order valence-corrected chi connectivity index (χ0v) is 14.8. The summed E-state index contributed by atoms with van der Waals surface area (Å²) >= 11 is 1.38. The Morgan fingerprint density at radius 3 is 2.28 bits per heavy atom. The highest BCUT2D eigenvalue weighted by atomic mass is 32.1. The Labute approximate surface area is 151 Å². The fraction of sp³-hybridized carbons (Fsp3) is 0.143. The van der Waals surface area contributed by atoms with Crippen molar-refractivity contribution >= 4 is 23.0 Å². The maximum absolute atomic E-state index is 12.6. The molecule has 0 aliphatic rings. The number of carbonyl (C=O) groups excluding carboxylic acids is 2. The van der Waals surface area contributed by atoms with Crippen molar-refractivity contribution < 1.29 is 9.59 Å². The number of amides is 1. The predicted octanol–water partition coefficient (Wildman–Crippen LogP) is 4.51. The van der Waals surface area contributed by atoms with Gasteiger partial charge in [0.05, 0.1) is 10.4 Å². The summed E-state index contributed by atoms with van der Waals surface area (Å²) in [5.74, 6) is -0.134. The largest absolute Gasteiger partial charge is 0.351 e. The Balaban J connectivity index is 1.73. The summed E-state index contributed by atoms with van der Waals surface area (Å²) in [6, 6.07) is 20.6. The molecule has 3 aromatic rings. The number of hydrogen-bond donors (Lipinski definition) is 1. The first-order valence-electron chi connectivity index (χ1n) is 8.17. The molecule has 0 spiro atoms. The zero-order chi connectivity index (χ0) is 17.6. The van der Waals surface area contributed by atoms with Crippen molar-refractivity contribution in [3.05, 3.63) is 93.7 Å². The molecule has 0 radical (unpaired) electrons. The lowest BCUT2D eigenvalue weighted by Crippen LogP contribution is -2.29. The maximum atomic E-state index is 12.6. The minimum Gasteiger partial charge on any atom is -0.351 e. The van der Waals surface area contributed by atoms with E-state index in [0.717, 1.165) is 0 Å². The Hall–Kier alpha value is -2.72. The molecular weight excluding hydrogens is 330 g/mol. The van der Waals surface area contributed by atoms with Crippen LogP contribution in [0.2, 0.25) is 0 Å². The summed E-state index contributed by atoms with van der Waals surface area (Å²) in [4.78, 5) is 25.9. The number of ketones is 1. The maximum Gasteiger partial charge on any atom is 0.252 e. The highest BCUT2D eigenvalue weighted by Crippen LogP contribution is 2.19. The molecule has 0 aliphatic carbocycles. The monoisotopic (exact) mass is 349 g/mol. The molecule has 1 atom stereocenters. The third kappa shape index (κ3) is 4.03. The first kappa shape index (κ1) is 17.1. The van der Waals surface area contributed by atoms with E-state index in [4.69, 9.17) is 0 Å². The summed E-state index contributed by atoms with van der Waals surface area (Å²) in [6.45, 7) is 2.59. The van der Waals surface area contributed by atoms with Crippen LogP contribution in [0.4, 0.5) is 0 Å². The fourth-order valence-electron chi connectivity index (χ4n) is 2.66. The second-order valence-corrected chi connectivity index (χ2v) is 6.82. The Morgan fingerprint density at radius 2 is 1.60 bits per heavy atom. The van der Waals surface area contributed by atoms with Crippen molar-refractivity contribution in [1.82, 2.24) is 5.32 Å². The lowest BCUT2D eigenvalue weighted by molar-refractivity contribution is 0.0940. The van der Waals surface area contributed by atoms with E-state index in [0.29, 0.717) is 22.5 Å². The van der Waals surface area contributed by atoms with E-state index in [1.807, 2.05) is 41.8 Å². The van der Waals surface area contributed by atoms with Crippen molar-refractivity contribution in [2.24, 2.45) is 0 Å². The molecule has 1 N–H and O–H groups in total. The van der Waals surface area contributed by atoms with Gasteiger partial charge in [0.1, 0.15) is 0 Å². The fourth-order valence-corrected chi connectivity index (χ4v) is 3.34. The van der Waals surface area contributed by atoms with Crippen molar-refractivity contribution in [3.8, 4) is 0 Å². The Kier molecular flexibility index (Phi) is 5.41. The molecule has 4 heteroatoms. The SMILES string of the molecule is CC(CNC(=O)c1ccccc1C(=O)c1cccs1)c1ccccc1. The average Bonchev–Trinajstić information content (AvgIpc) is 3.20. The smallest absolute Gasteiger partial charge is 0.252 e. The van der Waals surface area contributed by atoms with Crippen LogP contribution in [0.3, 0.4) is 0 Å². The van der Waals surface area contributed by atoms with Gasteiger partial charge in [-0.05, 0) is 29.0 Å². The molecule has 0 saturated heterocycles. The highest BCUT2D eigenvalue weighted by molar-refractivity contribution is 7.12. The van der Waals surface area contributed by atoms with Crippen molar-refractivity contribution in [2.75, 3.05) is 6.54 Å². The lowest BCUT2D eigenvalue weighted by atomic mass is 10.00. The molecule has 3 rings (SSSR count). The zero-order valence-electron chi connectivity index (χ0n) is 13.9. The molecule has 126 valence electrons. The van der Waals surface area contributed by atoms with E-state index < -0.39 is 0 Å². The van der Waals surface area contributed by atoms with E-state index >= 15 is 0 Å². The highest BCUT2D eigenvalue weighted by Gasteiger charge is 2.19. The number of rotatable bonds is 6. The predicted molar refractivity (Wildman–Crippen MR) is 101 cm³/mol. The number of nitrogens with one attached hydrogen (secondary N) is 1. The molecule has 0 bridgehead atoms. The van der Waals surface area contributed by atoms with Gasteiger partial charge in [-0.3, -0.25) is 9.59 Å². The molecule has 1 amide bonds. The summed E-state index contributed by atoms with van der Waals surface area (Å²) in [5, 5.41) is 4.81. The molecule has 3 nitrogen and oxygen atoms in total. The number of thiophene rings is 1. The van der Waals surface area contributed by atoms with Crippen LogP contribution in [0.5, 0.6) is 0 Å². The van der Waals surface area contributed by atoms with Gasteiger partial charge in [0.2, 0.25) is 5.78 Å². The van der Waals surface area contributed by atoms with Crippen molar-refractivity contribution in [3.63, 3.8) is 0 Å². The third-order valence-electron chi connectivity index (χ3n) is 4.10. The van der Waals surface area contributed by atoms with E-state index in [1.165, 1.54) is 16.9 Å². The molecular formula is C21H19NO2S. The van der Waals surface area contributed by atoms with Gasteiger partial charge in [-0.25, -0.2) is 0 Å². The second kappa shape index (κ2) is 7.90. The van der Waals surface area contributed by atoms with Crippen LogP contribution in [0, 0.1) is 0 Å². The minimum absolute atomic E-state index is 0.114. The minimum atomic E-state index is -0.219. The standard InChI is InChI=1S/C21H19NO2S/c1-15(16-8-3-2-4-9-16)14-22-21(24)18-11-6-5-10-17(18)20(23)19-12-7-13-25-19/h2-13,15H,14H2,1H3,(H,22,24). The molecule has 0 aliphatic heterocycles. The number of benzene rings is 2. The van der Waals surface area contributed by atoms with Gasteiger partial charge in [0.25, 0.3) is 5.91 Å². The molecule has 1 unspecified atom stereocenters. The summed E-state index contributed by atoms with van der Waals surface area (Å²) in [7, 11) is 0. The topological polar surface area (TPSA) is 46.2 Å². The molecule has 2 aromatic carbocycles. The van der Waals surface area contributed by atoms with Crippen LogP contribution < -0.4 is 5.32 Å². The summed E-state index contributed by atoms with van der Waals surface area (Å²) in [6.07, 6.45) is 0. The van der Waals surface area contributed by atoms with Gasteiger partial charge >= 0.3 is 0 Å². The molecule has 25 heavy (non-hydrogen) atoms. The van der Waals surface area contributed by atoms with Gasteiger partial charge in [-0.2, -0.15) is 0 Å². The van der Waals surface area contributed by atoms with Gasteiger partial charge in [-0.15, -0.1) is 11.3 Å². The van der Waals surface area contributed by atoms with E-state index in [9.17, 15) is 9.59 Å². The van der Waals surface area contributed by atoms with Crippen LogP contribution in [-0.4, -0.2) is 18.2 Å². The summed E-state index contributed by atoms with van der Waals surface area (Å²) in [5.41, 5.74) is 2.03. The van der Waals surface area contributed by atoms with Crippen LogP contribution in [-0.2, 0) is 0 Å². The number of carbonyl (C=O) groups is 2. The van der Waals surface area contributed by atoms with E-state index in [2.05, 4.69) is 12.2 Å². The van der Waals surface area contributed by atoms with Crippen LogP contribution in [0.1, 0.15) is 44.0 Å². The molecule has 1 aromatic heterocycles. The molecule has 0 fully saturated rings. The van der Waals surface area contributed by atoms with Gasteiger partial charge in [0, 0.05) is 12.1 Å².